The Kier molecular flexibility index (Phi) is 4.70. The second kappa shape index (κ2) is 6.35. The quantitative estimate of drug-likeness (QED) is 0.294. The van der Waals surface area contributed by atoms with Crippen molar-refractivity contribution in [3.05, 3.63) is 48.0 Å². The summed E-state index contributed by atoms with van der Waals surface area (Å²) in [5.74, 6) is 0. The van der Waals surface area contributed by atoms with Gasteiger partial charge in [-0.05, 0) is 18.6 Å². The molecule has 0 unspecified atom stereocenters. The van der Waals surface area contributed by atoms with E-state index in [-0.39, 0.29) is 0 Å². The highest BCUT2D eigenvalue weighted by molar-refractivity contribution is 7.80. The van der Waals surface area contributed by atoms with Gasteiger partial charge in [0.15, 0.2) is 0 Å². The van der Waals surface area contributed by atoms with Gasteiger partial charge in [-0.1, -0.05) is 24.3 Å². The van der Waals surface area contributed by atoms with Crippen molar-refractivity contribution >= 4 is 32.5 Å². The number of aryl methyl sites for hydroxylation is 2. The van der Waals surface area contributed by atoms with Gasteiger partial charge in [0.25, 0.3) is 0 Å². The summed E-state index contributed by atoms with van der Waals surface area (Å²) in [5, 5.41) is 0. The second-order valence-electron chi connectivity index (χ2n) is 4.68. The molecule has 3 aromatic rings. The number of aromatic nitrogens is 2. The maximum atomic E-state index is 9.22. The Morgan fingerprint density at radius 1 is 1.09 bits per heavy atom. The molecule has 0 atom stereocenters. The van der Waals surface area contributed by atoms with Gasteiger partial charge in [0.2, 0.25) is 21.4 Å². The van der Waals surface area contributed by atoms with E-state index < -0.39 is 10.4 Å². The van der Waals surface area contributed by atoms with E-state index in [9.17, 15) is 13.0 Å². The monoisotopic (exact) mass is 320 g/mol. The summed E-state index contributed by atoms with van der Waals surface area (Å²) in [7, 11) is -1.52. The molecular weight excluding hydrogens is 304 g/mol. The summed E-state index contributed by atoms with van der Waals surface area (Å²) in [4.78, 5) is 4.72. The summed E-state index contributed by atoms with van der Waals surface area (Å²) in [6.07, 6.45) is 0. The lowest BCUT2D eigenvalue weighted by molar-refractivity contribution is -0.617. The molecule has 22 heavy (non-hydrogen) atoms. The molecule has 0 saturated carbocycles. The van der Waals surface area contributed by atoms with Crippen molar-refractivity contribution in [2.24, 2.45) is 7.05 Å². The Morgan fingerprint density at radius 3 is 2.32 bits per heavy atom. The van der Waals surface area contributed by atoms with Crippen molar-refractivity contribution < 1.29 is 21.7 Å². The van der Waals surface area contributed by atoms with Crippen LogP contribution >= 0.6 is 0 Å². The summed E-state index contributed by atoms with van der Waals surface area (Å²) >= 11 is 0. The third kappa shape index (κ3) is 3.56. The van der Waals surface area contributed by atoms with Crippen molar-refractivity contribution in [1.29, 1.82) is 0 Å². The highest BCUT2D eigenvalue weighted by Gasteiger charge is 2.12. The average molecular weight is 320 g/mol. The lowest BCUT2D eigenvalue weighted by Gasteiger charge is -2.02. The topological polar surface area (TPSA) is 83.2 Å². The van der Waals surface area contributed by atoms with E-state index in [1.165, 1.54) is 16.6 Å². The van der Waals surface area contributed by atoms with Crippen LogP contribution in [0.2, 0.25) is 0 Å². The van der Waals surface area contributed by atoms with Crippen molar-refractivity contribution in [2.45, 2.75) is 6.92 Å². The molecule has 1 aromatic heterocycles. The summed E-state index contributed by atoms with van der Waals surface area (Å²) in [6, 6.07) is 14.5. The zero-order valence-corrected chi connectivity index (χ0v) is 13.3. The Balaban J connectivity index is 0.000000254. The molecule has 0 aliphatic heterocycles. The Morgan fingerprint density at radius 2 is 1.68 bits per heavy atom. The van der Waals surface area contributed by atoms with E-state index >= 15 is 0 Å². The first-order valence-electron chi connectivity index (χ1n) is 6.49. The lowest BCUT2D eigenvalue weighted by atomic mass is 10.2. The zero-order chi connectivity index (χ0) is 16.3. The van der Waals surface area contributed by atoms with E-state index in [2.05, 4.69) is 53.1 Å². The van der Waals surface area contributed by atoms with Crippen LogP contribution in [-0.2, 0) is 21.6 Å². The molecule has 0 aliphatic carbocycles. The predicted molar refractivity (Wildman–Crippen MR) is 81.9 cm³/mol. The van der Waals surface area contributed by atoms with Gasteiger partial charge in [-0.25, -0.2) is 13.4 Å². The molecule has 116 valence electrons. The minimum atomic E-state index is -4.41. The number of hydrogen-bond donors (Lipinski definition) is 0. The predicted octanol–water partition coefficient (Wildman–Crippen LogP) is 1.61. The van der Waals surface area contributed by atoms with Gasteiger partial charge in [-0.15, -0.1) is 0 Å². The summed E-state index contributed by atoms with van der Waals surface area (Å²) < 4.78 is 33.2. The highest BCUT2D eigenvalue weighted by atomic mass is 32.3. The lowest BCUT2D eigenvalue weighted by Crippen LogP contribution is -2.30. The van der Waals surface area contributed by atoms with E-state index in [0.717, 1.165) is 18.1 Å². The SMILES string of the molecule is COS(=O)(=O)[O-].Cc1cccc2c1nc1ccccc1[n+]2C. The van der Waals surface area contributed by atoms with Gasteiger partial charge in [-0.3, -0.25) is 4.18 Å². The fraction of sp³-hybridized carbons (Fsp3) is 0.200. The van der Waals surface area contributed by atoms with Gasteiger partial charge < -0.3 is 4.55 Å². The molecule has 7 heteroatoms. The van der Waals surface area contributed by atoms with Crippen LogP contribution in [0.4, 0.5) is 0 Å². The summed E-state index contributed by atoms with van der Waals surface area (Å²) in [6.45, 7) is 2.10. The number of benzene rings is 2. The number of nitrogens with zero attached hydrogens (tertiary/aromatic N) is 2. The van der Waals surface area contributed by atoms with Crippen LogP contribution in [-0.4, -0.2) is 25.1 Å². The normalized spacial score (nSPS) is 11.3. The second-order valence-corrected chi connectivity index (χ2v) is 5.83. The third-order valence-electron chi connectivity index (χ3n) is 3.26. The van der Waals surface area contributed by atoms with Crippen LogP contribution in [0.15, 0.2) is 42.5 Å². The van der Waals surface area contributed by atoms with Crippen LogP contribution in [0.5, 0.6) is 0 Å². The molecule has 2 aromatic carbocycles. The molecule has 0 amide bonds. The maximum absolute atomic E-state index is 9.22. The smallest absolute Gasteiger partial charge is 0.231 e. The third-order valence-corrected chi connectivity index (χ3v) is 3.67. The van der Waals surface area contributed by atoms with Crippen molar-refractivity contribution in [1.82, 2.24) is 4.98 Å². The molecule has 0 saturated heterocycles. The average Bonchev–Trinajstić information content (AvgIpc) is 2.49. The Bertz CT molecular complexity index is 923. The number of fused-ring (bicyclic) bond motifs is 2. The van der Waals surface area contributed by atoms with Crippen LogP contribution in [0.25, 0.3) is 22.1 Å². The molecular formula is C15H16N2O4S. The Hall–Kier alpha value is -2.09. The van der Waals surface area contributed by atoms with Crippen LogP contribution < -0.4 is 4.57 Å². The van der Waals surface area contributed by atoms with Crippen molar-refractivity contribution in [3.8, 4) is 0 Å². The number of rotatable bonds is 1. The number of hydrogen-bond acceptors (Lipinski definition) is 5. The first-order valence-corrected chi connectivity index (χ1v) is 7.82. The fourth-order valence-electron chi connectivity index (χ4n) is 2.15. The Labute approximate surface area is 128 Å². The molecule has 1 heterocycles. The van der Waals surface area contributed by atoms with Crippen molar-refractivity contribution in [2.75, 3.05) is 7.11 Å². The van der Waals surface area contributed by atoms with Gasteiger partial charge >= 0.3 is 0 Å². The van der Waals surface area contributed by atoms with Crippen LogP contribution in [0, 0.1) is 6.92 Å². The minimum absolute atomic E-state index is 0.808. The molecule has 6 nitrogen and oxygen atoms in total. The zero-order valence-electron chi connectivity index (χ0n) is 12.5. The van der Waals surface area contributed by atoms with E-state index in [4.69, 9.17) is 4.98 Å². The molecule has 0 radical (unpaired) electrons. The number of para-hydroxylation sites is 3. The largest absolute Gasteiger partial charge is 0.726 e. The molecule has 0 spiro atoms. The highest BCUT2D eigenvalue weighted by Crippen LogP contribution is 2.16. The van der Waals surface area contributed by atoms with Crippen LogP contribution in [0.3, 0.4) is 0 Å². The standard InChI is InChI=1S/C14H13N2.CH4O4S/c1-10-6-5-9-13-14(10)15-11-7-3-4-8-12(11)16(13)2;1-5-6(2,3)4/h3-9H,1-2H3;1H3,(H,2,3,4)/q+1;/p-1. The first kappa shape index (κ1) is 16.3. The molecule has 3 rings (SSSR count). The molecule has 0 fully saturated rings. The molecule has 0 aliphatic rings. The summed E-state index contributed by atoms with van der Waals surface area (Å²) in [5.41, 5.74) is 5.70. The van der Waals surface area contributed by atoms with Gasteiger partial charge in [0.1, 0.15) is 18.1 Å². The van der Waals surface area contributed by atoms with E-state index in [1.54, 1.807) is 0 Å². The maximum Gasteiger partial charge on any atom is 0.231 e. The van der Waals surface area contributed by atoms with Crippen LogP contribution in [0.1, 0.15) is 5.56 Å². The van der Waals surface area contributed by atoms with Gasteiger partial charge in [0, 0.05) is 12.1 Å². The first-order chi connectivity index (χ1) is 10.3. The fourth-order valence-corrected chi connectivity index (χ4v) is 2.15. The molecule has 0 N–H and O–H groups in total. The van der Waals surface area contributed by atoms with Gasteiger partial charge in [-0.2, -0.15) is 4.57 Å². The van der Waals surface area contributed by atoms with E-state index in [0.29, 0.717) is 0 Å². The van der Waals surface area contributed by atoms with Gasteiger partial charge in [0.05, 0.1) is 7.11 Å². The molecule has 0 bridgehead atoms. The minimum Gasteiger partial charge on any atom is -0.726 e. The van der Waals surface area contributed by atoms with Crippen molar-refractivity contribution in [3.63, 3.8) is 0 Å². The van der Waals surface area contributed by atoms with E-state index in [1.807, 2.05) is 12.1 Å².